The lowest BCUT2D eigenvalue weighted by Crippen LogP contribution is -2.32. The van der Waals surface area contributed by atoms with E-state index in [9.17, 15) is 8.42 Å². The van der Waals surface area contributed by atoms with Crippen LogP contribution in [-0.2, 0) is 16.4 Å². The van der Waals surface area contributed by atoms with E-state index >= 15 is 0 Å². The van der Waals surface area contributed by atoms with Gasteiger partial charge in [-0.1, -0.05) is 0 Å². The van der Waals surface area contributed by atoms with Crippen molar-refractivity contribution in [2.75, 3.05) is 12.0 Å². The Bertz CT molecular complexity index is 451. The third kappa shape index (κ3) is 5.32. The Morgan fingerprint density at radius 3 is 2.53 bits per heavy atom. The van der Waals surface area contributed by atoms with Crippen molar-refractivity contribution in [1.29, 1.82) is 0 Å². The average molecular weight is 259 g/mol. The molecule has 0 bridgehead atoms. The van der Waals surface area contributed by atoms with Crippen molar-refractivity contribution in [3.8, 4) is 0 Å². The predicted octanol–water partition coefficient (Wildman–Crippen LogP) is 0.987. The molecule has 0 aliphatic rings. The van der Waals surface area contributed by atoms with E-state index < -0.39 is 9.84 Å². The summed E-state index contributed by atoms with van der Waals surface area (Å²) in [5.74, 6) is 0.151. The number of hydrogen-bond donors (Lipinski definition) is 1. The third-order valence-electron chi connectivity index (χ3n) is 2.38. The van der Waals surface area contributed by atoms with Gasteiger partial charge in [0.25, 0.3) is 0 Å². The standard InChI is InChI=1S/C11H21N3O2S/c1-9(2)14-6-5-11(13-14)7-12-10(3)8-17(4,15)16/h5-6,9-10,12H,7-8H2,1-4H3. The van der Waals surface area contributed by atoms with E-state index in [0.717, 1.165) is 5.69 Å². The summed E-state index contributed by atoms with van der Waals surface area (Å²) in [6, 6.07) is 2.23. The Morgan fingerprint density at radius 1 is 1.41 bits per heavy atom. The van der Waals surface area contributed by atoms with Crippen LogP contribution in [0.1, 0.15) is 32.5 Å². The van der Waals surface area contributed by atoms with E-state index in [1.807, 2.05) is 23.9 Å². The van der Waals surface area contributed by atoms with Gasteiger partial charge in [0.05, 0.1) is 11.4 Å². The van der Waals surface area contributed by atoms with Crippen LogP contribution in [0.3, 0.4) is 0 Å². The highest BCUT2D eigenvalue weighted by molar-refractivity contribution is 7.90. The average Bonchev–Trinajstić information content (AvgIpc) is 2.60. The molecule has 0 aliphatic heterocycles. The molecular formula is C11H21N3O2S. The van der Waals surface area contributed by atoms with Crippen molar-refractivity contribution < 1.29 is 8.42 Å². The number of aromatic nitrogens is 2. The minimum atomic E-state index is -2.92. The van der Waals surface area contributed by atoms with Crippen LogP contribution < -0.4 is 5.32 Å². The number of hydrogen-bond acceptors (Lipinski definition) is 4. The summed E-state index contributed by atoms with van der Waals surface area (Å²) in [6.07, 6.45) is 3.18. The van der Waals surface area contributed by atoms with Crippen LogP contribution >= 0.6 is 0 Å². The third-order valence-corrected chi connectivity index (χ3v) is 3.48. The van der Waals surface area contributed by atoms with E-state index in [4.69, 9.17) is 0 Å². The highest BCUT2D eigenvalue weighted by atomic mass is 32.2. The maximum atomic E-state index is 11.1. The lowest BCUT2D eigenvalue weighted by atomic mass is 10.3. The van der Waals surface area contributed by atoms with Gasteiger partial charge >= 0.3 is 0 Å². The molecule has 1 aromatic rings. The maximum Gasteiger partial charge on any atom is 0.148 e. The van der Waals surface area contributed by atoms with E-state index in [0.29, 0.717) is 12.6 Å². The number of sulfone groups is 1. The largest absolute Gasteiger partial charge is 0.308 e. The van der Waals surface area contributed by atoms with Crippen LogP contribution in [0.2, 0.25) is 0 Å². The molecule has 0 saturated heterocycles. The first kappa shape index (κ1) is 14.2. The molecule has 98 valence electrons. The fourth-order valence-electron chi connectivity index (χ4n) is 1.55. The molecule has 0 radical (unpaired) electrons. The Morgan fingerprint density at radius 2 is 2.06 bits per heavy atom. The fraction of sp³-hybridized carbons (Fsp3) is 0.727. The lowest BCUT2D eigenvalue weighted by molar-refractivity contribution is 0.513. The molecule has 0 fully saturated rings. The Kier molecular flexibility index (Phi) is 4.70. The molecule has 0 amide bonds. The molecular weight excluding hydrogens is 238 g/mol. The molecule has 1 atom stereocenters. The van der Waals surface area contributed by atoms with Crippen molar-refractivity contribution in [2.24, 2.45) is 0 Å². The number of rotatable bonds is 6. The highest BCUT2D eigenvalue weighted by Crippen LogP contribution is 2.04. The quantitative estimate of drug-likeness (QED) is 0.827. The Labute approximate surface area is 103 Å². The van der Waals surface area contributed by atoms with Gasteiger partial charge in [0.15, 0.2) is 0 Å². The summed E-state index contributed by atoms with van der Waals surface area (Å²) < 4.78 is 24.1. The minimum absolute atomic E-state index is 0.0609. The van der Waals surface area contributed by atoms with E-state index in [-0.39, 0.29) is 11.8 Å². The van der Waals surface area contributed by atoms with Crippen molar-refractivity contribution in [2.45, 2.75) is 39.4 Å². The van der Waals surface area contributed by atoms with Gasteiger partial charge in [0.2, 0.25) is 0 Å². The topological polar surface area (TPSA) is 64.0 Å². The van der Waals surface area contributed by atoms with Crippen molar-refractivity contribution in [3.05, 3.63) is 18.0 Å². The first-order valence-corrected chi connectivity index (χ1v) is 7.79. The van der Waals surface area contributed by atoms with Crippen LogP contribution in [0.25, 0.3) is 0 Å². The SMILES string of the molecule is CC(CS(C)(=O)=O)NCc1ccn(C(C)C)n1. The molecule has 1 unspecified atom stereocenters. The maximum absolute atomic E-state index is 11.1. The lowest BCUT2D eigenvalue weighted by Gasteiger charge is -2.11. The van der Waals surface area contributed by atoms with Crippen molar-refractivity contribution in [3.63, 3.8) is 0 Å². The normalized spacial score (nSPS) is 14.2. The minimum Gasteiger partial charge on any atom is -0.308 e. The molecule has 0 aliphatic carbocycles. The summed E-state index contributed by atoms with van der Waals surface area (Å²) in [4.78, 5) is 0. The first-order chi connectivity index (χ1) is 7.78. The van der Waals surface area contributed by atoms with Crippen LogP contribution in [0.4, 0.5) is 0 Å². The zero-order chi connectivity index (χ0) is 13.1. The van der Waals surface area contributed by atoms with Crippen LogP contribution in [0.5, 0.6) is 0 Å². The molecule has 6 heteroatoms. The van der Waals surface area contributed by atoms with Gasteiger partial charge in [-0.05, 0) is 26.8 Å². The smallest absolute Gasteiger partial charge is 0.148 e. The van der Waals surface area contributed by atoms with Crippen molar-refractivity contribution >= 4 is 9.84 Å². The second-order valence-corrected chi connectivity index (χ2v) is 6.94. The first-order valence-electron chi connectivity index (χ1n) is 5.73. The van der Waals surface area contributed by atoms with Gasteiger partial charge in [0, 0.05) is 31.1 Å². The molecule has 5 nitrogen and oxygen atoms in total. The summed E-state index contributed by atoms with van der Waals surface area (Å²) in [5.41, 5.74) is 0.930. The van der Waals surface area contributed by atoms with Crippen molar-refractivity contribution in [1.82, 2.24) is 15.1 Å². The monoisotopic (exact) mass is 259 g/mol. The van der Waals surface area contributed by atoms with Gasteiger partial charge in [-0.25, -0.2) is 8.42 Å². The van der Waals surface area contributed by atoms with Gasteiger partial charge in [0.1, 0.15) is 9.84 Å². The molecule has 1 N–H and O–H groups in total. The van der Waals surface area contributed by atoms with E-state index in [1.165, 1.54) is 6.26 Å². The molecule has 1 rings (SSSR count). The Hall–Kier alpha value is -0.880. The molecule has 0 saturated carbocycles. The zero-order valence-corrected chi connectivity index (χ0v) is 11.7. The van der Waals surface area contributed by atoms with Gasteiger partial charge in [-0.3, -0.25) is 4.68 Å². The summed E-state index contributed by atoms with van der Waals surface area (Å²) >= 11 is 0. The van der Waals surface area contributed by atoms with E-state index in [1.54, 1.807) is 0 Å². The Balaban J connectivity index is 2.44. The van der Waals surface area contributed by atoms with Crippen LogP contribution in [-0.4, -0.2) is 36.2 Å². The predicted molar refractivity (Wildman–Crippen MR) is 68.6 cm³/mol. The van der Waals surface area contributed by atoms with E-state index in [2.05, 4.69) is 24.3 Å². The number of nitrogens with one attached hydrogen (secondary N) is 1. The molecule has 1 heterocycles. The van der Waals surface area contributed by atoms with Gasteiger partial charge < -0.3 is 5.32 Å². The second kappa shape index (κ2) is 5.64. The van der Waals surface area contributed by atoms with Gasteiger partial charge in [-0.2, -0.15) is 5.10 Å². The second-order valence-electron chi connectivity index (χ2n) is 4.76. The number of nitrogens with zero attached hydrogens (tertiary/aromatic N) is 2. The van der Waals surface area contributed by atoms with Crippen LogP contribution in [0, 0.1) is 0 Å². The summed E-state index contributed by atoms with van der Waals surface area (Å²) in [5, 5.41) is 7.54. The van der Waals surface area contributed by atoms with Gasteiger partial charge in [-0.15, -0.1) is 0 Å². The molecule has 0 aromatic carbocycles. The molecule has 1 aromatic heterocycles. The summed E-state index contributed by atoms with van der Waals surface area (Å²) in [7, 11) is -2.92. The highest BCUT2D eigenvalue weighted by Gasteiger charge is 2.10. The molecule has 0 spiro atoms. The molecule has 17 heavy (non-hydrogen) atoms. The zero-order valence-electron chi connectivity index (χ0n) is 10.8. The fourth-order valence-corrected chi connectivity index (χ4v) is 2.58. The summed E-state index contributed by atoms with van der Waals surface area (Å²) in [6.45, 7) is 6.59. The van der Waals surface area contributed by atoms with Crippen LogP contribution in [0.15, 0.2) is 12.3 Å².